The summed E-state index contributed by atoms with van der Waals surface area (Å²) in [5.74, 6) is 2.73. The number of halogens is 1. The zero-order chi connectivity index (χ0) is 14.2. The number of aromatic nitrogens is 1. The second kappa shape index (κ2) is 5.37. The molecule has 0 bridgehead atoms. The van der Waals surface area contributed by atoms with Crippen molar-refractivity contribution in [3.8, 4) is 11.5 Å². The molecule has 110 valence electrons. The molecule has 0 radical (unpaired) electrons. The zero-order valence-electron chi connectivity index (χ0n) is 11.7. The van der Waals surface area contributed by atoms with E-state index in [2.05, 4.69) is 37.9 Å². The number of nitrogens with zero attached hydrogens (tertiary/aromatic N) is 2. The summed E-state index contributed by atoms with van der Waals surface area (Å²) in [4.78, 5) is 7.62. The Morgan fingerprint density at radius 2 is 1.81 bits per heavy atom. The Kier molecular flexibility index (Phi) is 3.37. The molecule has 21 heavy (non-hydrogen) atoms. The van der Waals surface area contributed by atoms with Crippen LogP contribution in [-0.2, 0) is 0 Å². The van der Waals surface area contributed by atoms with Gasteiger partial charge in [0.1, 0.15) is 19.0 Å². The maximum Gasteiger partial charge on any atom is 0.162 e. The van der Waals surface area contributed by atoms with Crippen molar-refractivity contribution in [1.29, 1.82) is 0 Å². The molecule has 1 fully saturated rings. The fourth-order valence-electron chi connectivity index (χ4n) is 3.01. The third-order valence-corrected chi connectivity index (χ3v) is 5.05. The molecule has 1 aromatic heterocycles. The predicted molar refractivity (Wildman–Crippen MR) is 86.9 cm³/mol. The topological polar surface area (TPSA) is 34.6 Å². The fourth-order valence-corrected chi connectivity index (χ4v) is 3.42. The maximum atomic E-state index is 5.71. The normalized spacial score (nSPS) is 19.0. The number of rotatable bonds is 1. The molecule has 4 rings (SSSR count). The van der Waals surface area contributed by atoms with Gasteiger partial charge in [-0.1, -0.05) is 15.9 Å². The SMILES string of the molecule is BrC1CCN(c2nccc3cc4c(cc23)OCCO4)CC1. The monoisotopic (exact) mass is 348 g/mol. The lowest BCUT2D eigenvalue weighted by atomic mass is 10.1. The maximum absolute atomic E-state index is 5.71. The minimum Gasteiger partial charge on any atom is -0.486 e. The van der Waals surface area contributed by atoms with Crippen LogP contribution in [0.4, 0.5) is 5.82 Å². The number of hydrogen-bond donors (Lipinski definition) is 0. The van der Waals surface area contributed by atoms with Crippen molar-refractivity contribution in [2.45, 2.75) is 17.7 Å². The first-order chi connectivity index (χ1) is 10.3. The summed E-state index contributed by atoms with van der Waals surface area (Å²) in [5.41, 5.74) is 0. The Labute approximate surface area is 132 Å². The Hall–Kier alpha value is -1.49. The Balaban J connectivity index is 1.78. The molecule has 4 nitrogen and oxygen atoms in total. The number of alkyl halides is 1. The molecule has 5 heteroatoms. The zero-order valence-corrected chi connectivity index (χ0v) is 13.3. The molecule has 2 aliphatic heterocycles. The van der Waals surface area contributed by atoms with Gasteiger partial charge in [0.25, 0.3) is 0 Å². The Morgan fingerprint density at radius 1 is 1.10 bits per heavy atom. The third kappa shape index (κ3) is 2.44. The van der Waals surface area contributed by atoms with E-state index in [4.69, 9.17) is 9.47 Å². The first-order valence-electron chi connectivity index (χ1n) is 7.38. The van der Waals surface area contributed by atoms with Gasteiger partial charge < -0.3 is 14.4 Å². The van der Waals surface area contributed by atoms with Gasteiger partial charge in [-0.15, -0.1) is 0 Å². The molecule has 0 N–H and O–H groups in total. The van der Waals surface area contributed by atoms with E-state index in [0.29, 0.717) is 18.0 Å². The molecule has 2 aliphatic rings. The summed E-state index contributed by atoms with van der Waals surface area (Å²) in [6, 6.07) is 6.17. The van der Waals surface area contributed by atoms with E-state index < -0.39 is 0 Å². The van der Waals surface area contributed by atoms with Crippen LogP contribution in [0.1, 0.15) is 12.8 Å². The van der Waals surface area contributed by atoms with Gasteiger partial charge in [-0.25, -0.2) is 4.98 Å². The van der Waals surface area contributed by atoms with Crippen LogP contribution in [0.3, 0.4) is 0 Å². The van der Waals surface area contributed by atoms with Crippen molar-refractivity contribution in [3.05, 3.63) is 24.4 Å². The summed E-state index contributed by atoms with van der Waals surface area (Å²) in [5, 5.41) is 2.31. The highest BCUT2D eigenvalue weighted by Gasteiger charge is 2.21. The first kappa shape index (κ1) is 13.2. The van der Waals surface area contributed by atoms with Crippen molar-refractivity contribution in [2.75, 3.05) is 31.2 Å². The number of benzene rings is 1. The molecular formula is C16H17BrN2O2. The molecule has 0 amide bonds. The van der Waals surface area contributed by atoms with E-state index in [1.807, 2.05) is 12.3 Å². The van der Waals surface area contributed by atoms with Crippen LogP contribution < -0.4 is 14.4 Å². The van der Waals surface area contributed by atoms with E-state index in [1.54, 1.807) is 0 Å². The standard InChI is InChI=1S/C16H17BrN2O2/c17-12-2-5-19(6-3-12)16-13-10-15-14(20-7-8-21-15)9-11(13)1-4-18-16/h1,4,9-10,12H,2-3,5-8H2. The summed E-state index contributed by atoms with van der Waals surface area (Å²) in [6.07, 6.45) is 4.19. The molecule has 0 saturated carbocycles. The van der Waals surface area contributed by atoms with Crippen LogP contribution in [0.15, 0.2) is 24.4 Å². The second-order valence-electron chi connectivity index (χ2n) is 5.51. The highest BCUT2D eigenvalue weighted by atomic mass is 79.9. The van der Waals surface area contributed by atoms with Crippen LogP contribution in [0.25, 0.3) is 10.8 Å². The van der Waals surface area contributed by atoms with Crippen molar-refractivity contribution in [3.63, 3.8) is 0 Å². The van der Waals surface area contributed by atoms with Crippen LogP contribution in [0.2, 0.25) is 0 Å². The summed E-state index contributed by atoms with van der Waals surface area (Å²) in [6.45, 7) is 3.31. The lowest BCUT2D eigenvalue weighted by Crippen LogP contribution is -2.34. The van der Waals surface area contributed by atoms with Crippen molar-refractivity contribution < 1.29 is 9.47 Å². The van der Waals surface area contributed by atoms with Crippen molar-refractivity contribution in [1.82, 2.24) is 4.98 Å². The average molecular weight is 349 g/mol. The quantitative estimate of drug-likeness (QED) is 0.740. The number of hydrogen-bond acceptors (Lipinski definition) is 4. The highest BCUT2D eigenvalue weighted by Crippen LogP contribution is 2.38. The smallest absolute Gasteiger partial charge is 0.162 e. The molecule has 0 unspecified atom stereocenters. The van der Waals surface area contributed by atoms with Gasteiger partial charge in [0, 0.05) is 29.5 Å². The fraction of sp³-hybridized carbons (Fsp3) is 0.438. The van der Waals surface area contributed by atoms with Gasteiger partial charge in [0.05, 0.1) is 0 Å². The van der Waals surface area contributed by atoms with Crippen LogP contribution in [-0.4, -0.2) is 36.1 Å². The summed E-state index contributed by atoms with van der Waals surface area (Å²) < 4.78 is 11.4. The number of ether oxygens (including phenoxy) is 2. The van der Waals surface area contributed by atoms with Gasteiger partial charge in [0.15, 0.2) is 11.5 Å². The highest BCUT2D eigenvalue weighted by molar-refractivity contribution is 9.09. The molecule has 0 atom stereocenters. The number of fused-ring (bicyclic) bond motifs is 2. The summed E-state index contributed by atoms with van der Waals surface area (Å²) >= 11 is 3.70. The van der Waals surface area contributed by atoms with Crippen LogP contribution >= 0.6 is 15.9 Å². The number of anilines is 1. The predicted octanol–water partition coefficient (Wildman–Crippen LogP) is 3.37. The molecule has 3 heterocycles. The van der Waals surface area contributed by atoms with Crippen LogP contribution in [0, 0.1) is 0 Å². The van der Waals surface area contributed by atoms with Crippen molar-refractivity contribution in [2.24, 2.45) is 0 Å². The minimum absolute atomic E-state index is 0.614. The lowest BCUT2D eigenvalue weighted by molar-refractivity contribution is 0.172. The molecular weight excluding hydrogens is 332 g/mol. The first-order valence-corrected chi connectivity index (χ1v) is 8.30. The third-order valence-electron chi connectivity index (χ3n) is 4.13. The molecule has 1 saturated heterocycles. The minimum atomic E-state index is 0.614. The van der Waals surface area contributed by atoms with Gasteiger partial charge in [-0.05, 0) is 36.4 Å². The molecule has 0 aliphatic carbocycles. The number of pyridine rings is 1. The summed E-state index contributed by atoms with van der Waals surface area (Å²) in [7, 11) is 0. The van der Waals surface area contributed by atoms with Gasteiger partial charge in [-0.3, -0.25) is 0 Å². The van der Waals surface area contributed by atoms with E-state index in [1.165, 1.54) is 0 Å². The van der Waals surface area contributed by atoms with E-state index in [0.717, 1.165) is 54.0 Å². The van der Waals surface area contributed by atoms with Crippen LogP contribution in [0.5, 0.6) is 11.5 Å². The van der Waals surface area contributed by atoms with E-state index in [-0.39, 0.29) is 0 Å². The largest absolute Gasteiger partial charge is 0.486 e. The molecule has 0 spiro atoms. The average Bonchev–Trinajstić information content (AvgIpc) is 2.53. The van der Waals surface area contributed by atoms with Crippen molar-refractivity contribution >= 4 is 32.5 Å². The van der Waals surface area contributed by atoms with Gasteiger partial charge in [0.2, 0.25) is 0 Å². The van der Waals surface area contributed by atoms with Gasteiger partial charge >= 0.3 is 0 Å². The Morgan fingerprint density at radius 3 is 2.57 bits per heavy atom. The van der Waals surface area contributed by atoms with E-state index >= 15 is 0 Å². The molecule has 2 aromatic rings. The lowest BCUT2D eigenvalue weighted by Gasteiger charge is -2.31. The number of piperidine rings is 1. The van der Waals surface area contributed by atoms with E-state index in [9.17, 15) is 0 Å². The van der Waals surface area contributed by atoms with Gasteiger partial charge in [-0.2, -0.15) is 0 Å². The second-order valence-corrected chi connectivity index (χ2v) is 6.81. The molecule has 1 aromatic carbocycles. The Bertz CT molecular complexity index is 669.